The number of thioether (sulfide) groups is 1. The molecule has 0 bridgehead atoms. The summed E-state index contributed by atoms with van der Waals surface area (Å²) in [6, 6.07) is 7.61. The van der Waals surface area contributed by atoms with E-state index in [0.717, 1.165) is 17.1 Å². The predicted molar refractivity (Wildman–Crippen MR) is 88.7 cm³/mol. The molecule has 0 radical (unpaired) electrons. The number of Topliss-reactive ketones (excluding diaryl/α,β-unsaturated/α-hetero) is 1. The van der Waals surface area contributed by atoms with E-state index >= 15 is 0 Å². The van der Waals surface area contributed by atoms with E-state index in [0.29, 0.717) is 17.9 Å². The second-order valence-electron chi connectivity index (χ2n) is 5.35. The van der Waals surface area contributed by atoms with Crippen molar-refractivity contribution in [3.05, 3.63) is 36.2 Å². The number of aliphatic hydroxyl groups excluding tert-OH is 1. The Kier molecular flexibility index (Phi) is 6.61. The van der Waals surface area contributed by atoms with Crippen molar-refractivity contribution in [3.8, 4) is 5.75 Å². The zero-order chi connectivity index (χ0) is 16.7. The van der Waals surface area contributed by atoms with Gasteiger partial charge in [-0.3, -0.25) is 0 Å². The molecule has 1 aromatic heterocycles. The lowest BCUT2D eigenvalue weighted by Gasteiger charge is -2.12. The van der Waals surface area contributed by atoms with Crippen LogP contribution in [0.1, 0.15) is 18.9 Å². The third-order valence-corrected chi connectivity index (χ3v) is 4.39. The van der Waals surface area contributed by atoms with Gasteiger partial charge in [-0.2, -0.15) is 0 Å². The van der Waals surface area contributed by atoms with Crippen LogP contribution >= 0.6 is 11.8 Å². The van der Waals surface area contributed by atoms with Crippen LogP contribution in [0.2, 0.25) is 0 Å². The van der Waals surface area contributed by atoms with E-state index in [2.05, 4.69) is 10.2 Å². The van der Waals surface area contributed by atoms with Crippen LogP contribution in [-0.2, 0) is 18.3 Å². The van der Waals surface area contributed by atoms with Crippen molar-refractivity contribution in [1.82, 2.24) is 14.8 Å². The molecule has 0 saturated carbocycles. The van der Waals surface area contributed by atoms with Crippen molar-refractivity contribution < 1.29 is 14.6 Å². The van der Waals surface area contributed by atoms with Crippen LogP contribution in [0.4, 0.5) is 0 Å². The smallest absolute Gasteiger partial charge is 0.190 e. The fourth-order valence-electron chi connectivity index (χ4n) is 1.89. The van der Waals surface area contributed by atoms with E-state index in [-0.39, 0.29) is 12.4 Å². The third-order valence-electron chi connectivity index (χ3n) is 3.21. The monoisotopic (exact) mass is 335 g/mol. The largest absolute Gasteiger partial charge is 0.491 e. The van der Waals surface area contributed by atoms with Gasteiger partial charge in [-0.15, -0.1) is 10.2 Å². The van der Waals surface area contributed by atoms with Gasteiger partial charge in [-0.05, 0) is 31.0 Å². The number of hydrogen-bond donors (Lipinski definition) is 1. The van der Waals surface area contributed by atoms with E-state index in [1.807, 2.05) is 31.3 Å². The number of benzene rings is 1. The van der Waals surface area contributed by atoms with Crippen molar-refractivity contribution in [2.75, 3.05) is 12.4 Å². The second kappa shape index (κ2) is 8.69. The van der Waals surface area contributed by atoms with Gasteiger partial charge in [0.25, 0.3) is 0 Å². The number of nitrogens with zero attached hydrogens (tertiary/aromatic N) is 3. The summed E-state index contributed by atoms with van der Waals surface area (Å²) in [7, 11) is 1.86. The van der Waals surface area contributed by atoms with Gasteiger partial charge in [0.1, 0.15) is 24.5 Å². The van der Waals surface area contributed by atoms with Crippen LogP contribution in [0.5, 0.6) is 5.75 Å². The highest BCUT2D eigenvalue weighted by Gasteiger charge is 2.09. The average Bonchev–Trinajstić information content (AvgIpc) is 2.95. The molecule has 0 fully saturated rings. The molecule has 1 unspecified atom stereocenters. The molecule has 2 rings (SSSR count). The van der Waals surface area contributed by atoms with Crippen molar-refractivity contribution in [2.24, 2.45) is 7.05 Å². The van der Waals surface area contributed by atoms with Crippen LogP contribution in [0.25, 0.3) is 0 Å². The van der Waals surface area contributed by atoms with Crippen molar-refractivity contribution in [1.29, 1.82) is 0 Å². The third kappa shape index (κ3) is 6.03. The Hall–Kier alpha value is -1.86. The molecule has 1 N–H and O–H groups in total. The van der Waals surface area contributed by atoms with Gasteiger partial charge in [-0.1, -0.05) is 23.9 Å². The fourth-order valence-corrected chi connectivity index (χ4v) is 2.68. The molecular weight excluding hydrogens is 314 g/mol. The van der Waals surface area contributed by atoms with Crippen LogP contribution in [0.3, 0.4) is 0 Å². The van der Waals surface area contributed by atoms with Crippen molar-refractivity contribution >= 4 is 17.5 Å². The first-order valence-electron chi connectivity index (χ1n) is 7.40. The highest BCUT2D eigenvalue weighted by Crippen LogP contribution is 2.17. The standard InChI is InChI=1S/C16H21N3O3S/c1-12(20)3-4-13-5-7-15(8-6-13)22-9-14(21)10-23-16-18-17-11-19(16)2/h5-8,11,14,21H,3-4,9-10H2,1-2H3. The zero-order valence-electron chi connectivity index (χ0n) is 13.3. The van der Waals surface area contributed by atoms with Gasteiger partial charge in [0, 0.05) is 19.2 Å². The molecule has 0 aliphatic rings. The number of aromatic nitrogens is 3. The Morgan fingerprint density at radius 1 is 1.39 bits per heavy atom. The summed E-state index contributed by atoms with van der Waals surface area (Å²) in [6.45, 7) is 1.82. The molecular formula is C16H21N3O3S. The summed E-state index contributed by atoms with van der Waals surface area (Å²) in [5.41, 5.74) is 1.10. The molecule has 7 heteroatoms. The molecule has 0 aliphatic carbocycles. The Morgan fingerprint density at radius 2 is 2.13 bits per heavy atom. The maximum absolute atomic E-state index is 11.0. The summed E-state index contributed by atoms with van der Waals surface area (Å²) in [6.07, 6.45) is 2.33. The number of ketones is 1. The molecule has 0 amide bonds. The minimum atomic E-state index is -0.589. The molecule has 0 aliphatic heterocycles. The number of aliphatic hydroxyl groups is 1. The quantitative estimate of drug-likeness (QED) is 0.705. The SMILES string of the molecule is CC(=O)CCc1ccc(OCC(O)CSc2nncn2C)cc1. The molecule has 2 aromatic rings. The minimum absolute atomic E-state index is 0.189. The van der Waals surface area contributed by atoms with Crippen LogP contribution in [0, 0.1) is 0 Å². The van der Waals surface area contributed by atoms with Crippen LogP contribution in [0.15, 0.2) is 35.7 Å². The molecule has 1 heterocycles. The summed E-state index contributed by atoms with van der Waals surface area (Å²) in [5, 5.41) is 18.5. The lowest BCUT2D eigenvalue weighted by molar-refractivity contribution is -0.116. The molecule has 1 atom stereocenters. The molecule has 0 saturated heterocycles. The Morgan fingerprint density at radius 3 is 2.74 bits per heavy atom. The first-order valence-corrected chi connectivity index (χ1v) is 8.39. The first kappa shape index (κ1) is 17.5. The highest BCUT2D eigenvalue weighted by molar-refractivity contribution is 7.99. The highest BCUT2D eigenvalue weighted by atomic mass is 32.2. The summed E-state index contributed by atoms with van der Waals surface area (Å²) in [4.78, 5) is 11.0. The normalized spacial score (nSPS) is 12.1. The van der Waals surface area contributed by atoms with Crippen LogP contribution < -0.4 is 4.74 Å². The second-order valence-corrected chi connectivity index (χ2v) is 6.33. The van der Waals surface area contributed by atoms with Gasteiger partial charge in [0.2, 0.25) is 0 Å². The fraction of sp³-hybridized carbons (Fsp3) is 0.438. The maximum Gasteiger partial charge on any atom is 0.190 e. The number of hydrogen-bond acceptors (Lipinski definition) is 6. The Bertz CT molecular complexity index is 628. The van der Waals surface area contributed by atoms with Gasteiger partial charge < -0.3 is 19.2 Å². The summed E-state index contributed by atoms with van der Waals surface area (Å²) >= 11 is 1.44. The van der Waals surface area contributed by atoms with Crippen molar-refractivity contribution in [3.63, 3.8) is 0 Å². The molecule has 0 spiro atoms. The van der Waals surface area contributed by atoms with E-state index in [1.54, 1.807) is 17.8 Å². The van der Waals surface area contributed by atoms with Crippen molar-refractivity contribution in [2.45, 2.75) is 31.0 Å². The van der Waals surface area contributed by atoms with Gasteiger partial charge in [-0.25, -0.2) is 0 Å². The number of carbonyl (C=O) groups is 1. The molecule has 124 valence electrons. The minimum Gasteiger partial charge on any atom is -0.491 e. The summed E-state index contributed by atoms with van der Waals surface area (Å²) < 4.78 is 7.38. The molecule has 23 heavy (non-hydrogen) atoms. The van der Waals surface area contributed by atoms with Crippen LogP contribution in [-0.4, -0.2) is 44.1 Å². The van der Waals surface area contributed by atoms with E-state index in [9.17, 15) is 9.90 Å². The van der Waals surface area contributed by atoms with Gasteiger partial charge in [0.05, 0.1) is 6.10 Å². The lowest BCUT2D eigenvalue weighted by Crippen LogP contribution is -2.20. The van der Waals surface area contributed by atoms with Gasteiger partial charge in [0.15, 0.2) is 5.16 Å². The number of ether oxygens (including phenoxy) is 1. The topological polar surface area (TPSA) is 77.2 Å². The Balaban J connectivity index is 1.72. The van der Waals surface area contributed by atoms with Gasteiger partial charge >= 0.3 is 0 Å². The van der Waals surface area contributed by atoms with E-state index in [4.69, 9.17) is 4.74 Å². The number of rotatable bonds is 9. The van der Waals surface area contributed by atoms with E-state index < -0.39 is 6.10 Å². The number of aryl methyl sites for hydroxylation is 2. The Labute approximate surface area is 139 Å². The molecule has 6 nitrogen and oxygen atoms in total. The summed E-state index contributed by atoms with van der Waals surface area (Å²) in [5.74, 6) is 1.39. The average molecular weight is 335 g/mol. The lowest BCUT2D eigenvalue weighted by atomic mass is 10.1. The predicted octanol–water partition coefficient (Wildman–Crippen LogP) is 1.87. The first-order chi connectivity index (χ1) is 11.0. The molecule has 1 aromatic carbocycles. The number of carbonyl (C=O) groups excluding carboxylic acids is 1. The van der Waals surface area contributed by atoms with E-state index in [1.165, 1.54) is 11.8 Å². The zero-order valence-corrected chi connectivity index (χ0v) is 14.1. The maximum atomic E-state index is 11.0.